The van der Waals surface area contributed by atoms with Crippen LogP contribution in [0.4, 0.5) is 10.2 Å². The predicted octanol–water partition coefficient (Wildman–Crippen LogP) is 6.16. The van der Waals surface area contributed by atoms with Gasteiger partial charge in [0.1, 0.15) is 18.4 Å². The molecule has 2 atom stereocenters. The van der Waals surface area contributed by atoms with Gasteiger partial charge in [0.05, 0.1) is 25.6 Å². The first-order chi connectivity index (χ1) is 19.1. The normalized spacial score (nSPS) is 17.1. The van der Waals surface area contributed by atoms with Crippen molar-refractivity contribution in [2.75, 3.05) is 18.6 Å². The molecule has 3 aromatic carbocycles. The minimum absolute atomic E-state index is 0.00741. The van der Waals surface area contributed by atoms with Gasteiger partial charge < -0.3 is 14.4 Å². The number of aromatic nitrogens is 4. The third kappa shape index (κ3) is 5.67. The topological polar surface area (TPSA) is 65.3 Å². The molecule has 0 N–H and O–H groups in total. The van der Waals surface area contributed by atoms with Crippen LogP contribution >= 0.6 is 0 Å². The van der Waals surface area contributed by atoms with E-state index < -0.39 is 0 Å². The van der Waals surface area contributed by atoms with Crippen LogP contribution in [0.5, 0.6) is 0 Å². The molecule has 1 saturated heterocycles. The molecule has 1 fully saturated rings. The van der Waals surface area contributed by atoms with E-state index in [1.54, 1.807) is 12.4 Å². The summed E-state index contributed by atoms with van der Waals surface area (Å²) in [6.45, 7) is 1.58. The van der Waals surface area contributed by atoms with Gasteiger partial charge in [-0.25, -0.2) is 19.3 Å². The molecule has 0 saturated carbocycles. The standard InChI is InChI=1S/C31H30FN5O2/c1-36(17-23-6-5-9-26(32)16-23)30-29-31(34-20-33-30)37(21-35-29)28-15-14-27(39-28)19-38-18-22-10-12-25(13-11-22)24-7-3-2-4-8-24/h2-13,16,20-21,27-28H,14-15,17-19H2,1H3/t27-,28?/m0/s1. The van der Waals surface area contributed by atoms with E-state index >= 15 is 0 Å². The van der Waals surface area contributed by atoms with Crippen molar-refractivity contribution in [1.82, 2.24) is 19.5 Å². The first kappa shape index (κ1) is 25.2. The van der Waals surface area contributed by atoms with Crippen LogP contribution in [-0.2, 0) is 22.6 Å². The van der Waals surface area contributed by atoms with Crippen molar-refractivity contribution < 1.29 is 13.9 Å². The smallest absolute Gasteiger partial charge is 0.167 e. The Morgan fingerprint density at radius 2 is 1.74 bits per heavy atom. The van der Waals surface area contributed by atoms with Crippen LogP contribution in [-0.4, -0.2) is 39.3 Å². The number of imidazole rings is 1. The van der Waals surface area contributed by atoms with E-state index in [1.165, 1.54) is 29.6 Å². The Kier molecular flexibility index (Phi) is 7.29. The van der Waals surface area contributed by atoms with Gasteiger partial charge in [0.2, 0.25) is 0 Å². The van der Waals surface area contributed by atoms with Crippen LogP contribution in [0.1, 0.15) is 30.2 Å². The fraction of sp³-hybridized carbons (Fsp3) is 0.258. The number of anilines is 1. The lowest BCUT2D eigenvalue weighted by Gasteiger charge is -2.19. The number of hydrogen-bond donors (Lipinski definition) is 0. The first-order valence-corrected chi connectivity index (χ1v) is 13.1. The molecule has 0 amide bonds. The molecular formula is C31H30FN5O2. The second-order valence-electron chi connectivity index (χ2n) is 9.88. The van der Waals surface area contributed by atoms with Crippen molar-refractivity contribution in [1.29, 1.82) is 0 Å². The van der Waals surface area contributed by atoms with E-state index in [0.717, 1.165) is 29.6 Å². The van der Waals surface area contributed by atoms with E-state index in [-0.39, 0.29) is 18.1 Å². The highest BCUT2D eigenvalue weighted by atomic mass is 19.1. The van der Waals surface area contributed by atoms with Gasteiger partial charge in [0.15, 0.2) is 17.0 Å². The lowest BCUT2D eigenvalue weighted by atomic mass is 10.0. The van der Waals surface area contributed by atoms with Gasteiger partial charge >= 0.3 is 0 Å². The van der Waals surface area contributed by atoms with Crippen molar-refractivity contribution in [3.63, 3.8) is 0 Å². The molecule has 0 aliphatic carbocycles. The average Bonchev–Trinajstić information content (AvgIpc) is 3.61. The number of rotatable bonds is 9. The van der Waals surface area contributed by atoms with E-state index in [9.17, 15) is 4.39 Å². The number of fused-ring (bicyclic) bond motifs is 1. The van der Waals surface area contributed by atoms with Gasteiger partial charge in [-0.2, -0.15) is 0 Å². The molecule has 0 bridgehead atoms. The van der Waals surface area contributed by atoms with Crippen molar-refractivity contribution in [3.8, 4) is 11.1 Å². The van der Waals surface area contributed by atoms with Gasteiger partial charge in [-0.3, -0.25) is 4.57 Å². The number of halogens is 1. The average molecular weight is 524 g/mol. The van der Waals surface area contributed by atoms with Crippen LogP contribution in [0.15, 0.2) is 91.5 Å². The van der Waals surface area contributed by atoms with Gasteiger partial charge in [-0.15, -0.1) is 0 Å². The maximum absolute atomic E-state index is 13.6. The van der Waals surface area contributed by atoms with Crippen LogP contribution < -0.4 is 4.90 Å². The summed E-state index contributed by atoms with van der Waals surface area (Å²) in [6, 6.07) is 25.4. The van der Waals surface area contributed by atoms with Crippen molar-refractivity contribution in [2.45, 2.75) is 38.3 Å². The minimum Gasteiger partial charge on any atom is -0.374 e. The first-order valence-electron chi connectivity index (χ1n) is 13.1. The second kappa shape index (κ2) is 11.3. The van der Waals surface area contributed by atoms with E-state index in [0.29, 0.717) is 31.1 Å². The summed E-state index contributed by atoms with van der Waals surface area (Å²) in [6.07, 6.45) is 4.90. The summed E-state index contributed by atoms with van der Waals surface area (Å²) in [5, 5.41) is 0. The fourth-order valence-electron chi connectivity index (χ4n) is 5.06. The zero-order chi connectivity index (χ0) is 26.6. The highest BCUT2D eigenvalue weighted by molar-refractivity contribution is 5.83. The molecule has 7 nitrogen and oxygen atoms in total. The molecule has 0 spiro atoms. The van der Waals surface area contributed by atoms with Gasteiger partial charge in [-0.05, 0) is 47.2 Å². The highest BCUT2D eigenvalue weighted by Gasteiger charge is 2.29. The Morgan fingerprint density at radius 1 is 0.923 bits per heavy atom. The van der Waals surface area contributed by atoms with Gasteiger partial charge in [0.25, 0.3) is 0 Å². The largest absolute Gasteiger partial charge is 0.374 e. The third-order valence-electron chi connectivity index (χ3n) is 7.04. The maximum atomic E-state index is 13.6. The lowest BCUT2D eigenvalue weighted by Crippen LogP contribution is -2.19. The van der Waals surface area contributed by atoms with Gasteiger partial charge in [-0.1, -0.05) is 66.7 Å². The number of nitrogens with zero attached hydrogens (tertiary/aromatic N) is 5. The van der Waals surface area contributed by atoms with Crippen molar-refractivity contribution >= 4 is 17.0 Å². The molecule has 5 aromatic rings. The quantitative estimate of drug-likeness (QED) is 0.230. The number of benzene rings is 3. The Bertz CT molecular complexity index is 1540. The second-order valence-corrected chi connectivity index (χ2v) is 9.88. The minimum atomic E-state index is -0.254. The Hall–Kier alpha value is -4.14. The molecule has 2 aromatic heterocycles. The Balaban J connectivity index is 1.05. The molecule has 198 valence electrons. The molecule has 1 unspecified atom stereocenters. The van der Waals surface area contributed by atoms with Crippen LogP contribution in [0.2, 0.25) is 0 Å². The summed E-state index contributed by atoms with van der Waals surface area (Å²) in [7, 11) is 1.92. The molecule has 1 aliphatic heterocycles. The van der Waals surface area contributed by atoms with Crippen LogP contribution in [0.3, 0.4) is 0 Å². The van der Waals surface area contributed by atoms with Crippen molar-refractivity contribution in [2.24, 2.45) is 0 Å². The molecular weight excluding hydrogens is 493 g/mol. The molecule has 6 rings (SSSR count). The highest BCUT2D eigenvalue weighted by Crippen LogP contribution is 2.32. The summed E-state index contributed by atoms with van der Waals surface area (Å²) < 4.78 is 27.9. The molecule has 3 heterocycles. The lowest BCUT2D eigenvalue weighted by molar-refractivity contribution is -0.0433. The maximum Gasteiger partial charge on any atom is 0.167 e. The fourth-order valence-corrected chi connectivity index (χ4v) is 5.06. The molecule has 1 aliphatic rings. The van der Waals surface area contributed by atoms with Crippen molar-refractivity contribution in [3.05, 3.63) is 108 Å². The molecule has 39 heavy (non-hydrogen) atoms. The SMILES string of the molecule is CN(Cc1cccc(F)c1)c1ncnc2c1ncn2C1CC[C@@H](COCc2ccc(-c3ccccc3)cc2)O1. The molecule has 8 heteroatoms. The number of hydrogen-bond acceptors (Lipinski definition) is 6. The van der Waals surface area contributed by atoms with E-state index in [2.05, 4.69) is 51.4 Å². The Labute approximate surface area is 226 Å². The van der Waals surface area contributed by atoms with Gasteiger partial charge in [0, 0.05) is 13.6 Å². The monoisotopic (exact) mass is 523 g/mol. The van der Waals surface area contributed by atoms with E-state index in [4.69, 9.17) is 9.47 Å². The summed E-state index contributed by atoms with van der Waals surface area (Å²) in [5.74, 6) is 0.440. The van der Waals surface area contributed by atoms with E-state index in [1.807, 2.05) is 40.8 Å². The summed E-state index contributed by atoms with van der Waals surface area (Å²) in [4.78, 5) is 15.5. The molecule has 0 radical (unpaired) electrons. The number of ether oxygens (including phenoxy) is 2. The zero-order valence-electron chi connectivity index (χ0n) is 21.8. The third-order valence-corrected chi connectivity index (χ3v) is 7.04. The van der Waals surface area contributed by atoms with Crippen LogP contribution in [0.25, 0.3) is 22.3 Å². The van der Waals surface area contributed by atoms with Crippen LogP contribution in [0, 0.1) is 5.82 Å². The zero-order valence-corrected chi connectivity index (χ0v) is 21.8. The summed E-state index contributed by atoms with van der Waals surface area (Å²) >= 11 is 0. The predicted molar refractivity (Wildman–Crippen MR) is 149 cm³/mol. The Morgan fingerprint density at radius 3 is 2.56 bits per heavy atom. The summed E-state index contributed by atoms with van der Waals surface area (Å²) in [5.41, 5.74) is 5.81.